The van der Waals surface area contributed by atoms with Crippen LogP contribution in [0.1, 0.15) is 22.7 Å². The quantitative estimate of drug-likeness (QED) is 0.864. The number of benzene rings is 1. The van der Waals surface area contributed by atoms with Crippen molar-refractivity contribution in [3.05, 3.63) is 22.8 Å². The van der Waals surface area contributed by atoms with Gasteiger partial charge in [-0.25, -0.2) is 0 Å². The summed E-state index contributed by atoms with van der Waals surface area (Å²) in [6.07, 6.45) is 1.01. The summed E-state index contributed by atoms with van der Waals surface area (Å²) in [6, 6.07) is 2.07. The summed E-state index contributed by atoms with van der Waals surface area (Å²) >= 11 is 0. The number of hydrogen-bond donors (Lipinski definition) is 1. The maximum atomic E-state index is 6.28. The van der Waals surface area contributed by atoms with E-state index < -0.39 is 0 Å². The minimum atomic E-state index is 0.0333. The van der Waals surface area contributed by atoms with Crippen LogP contribution in [0.3, 0.4) is 0 Å². The van der Waals surface area contributed by atoms with Crippen LogP contribution in [0.5, 0.6) is 11.5 Å². The largest absolute Gasteiger partial charge is 0.493 e. The van der Waals surface area contributed by atoms with Crippen LogP contribution in [0.15, 0.2) is 6.07 Å². The van der Waals surface area contributed by atoms with Gasteiger partial charge >= 0.3 is 0 Å². The summed E-state index contributed by atoms with van der Waals surface area (Å²) in [7, 11) is 5.45. The van der Waals surface area contributed by atoms with E-state index in [1.807, 2.05) is 6.07 Å². The fourth-order valence-corrected chi connectivity index (χ4v) is 2.73. The van der Waals surface area contributed by atoms with Crippen LogP contribution in [0.25, 0.3) is 0 Å². The van der Waals surface area contributed by atoms with Crippen molar-refractivity contribution in [3.8, 4) is 11.5 Å². The summed E-state index contributed by atoms with van der Waals surface area (Å²) in [6.45, 7) is 3.98. The third kappa shape index (κ3) is 2.18. The van der Waals surface area contributed by atoms with Gasteiger partial charge in [0, 0.05) is 19.1 Å². The summed E-state index contributed by atoms with van der Waals surface area (Å²) in [5.41, 5.74) is 9.93. The van der Waals surface area contributed by atoms with Gasteiger partial charge in [0.1, 0.15) is 0 Å². The molecule has 2 rings (SSSR count). The van der Waals surface area contributed by atoms with Gasteiger partial charge in [-0.3, -0.25) is 0 Å². The minimum absolute atomic E-state index is 0.0333. The standard InChI is InChI=1S/C14H22N2O2/c1-9-10-5-6-16(2)8-12(15)11(10)7-13(17-3)14(9)18-4/h7,12H,5-6,8,15H2,1-4H3. The van der Waals surface area contributed by atoms with Gasteiger partial charge in [-0.2, -0.15) is 0 Å². The lowest BCUT2D eigenvalue weighted by atomic mass is 9.94. The molecule has 0 aliphatic carbocycles. The molecule has 2 N–H and O–H groups in total. The molecule has 0 aromatic heterocycles. The van der Waals surface area contributed by atoms with Gasteiger partial charge in [-0.1, -0.05) is 0 Å². The van der Waals surface area contributed by atoms with Crippen molar-refractivity contribution < 1.29 is 9.47 Å². The average Bonchev–Trinajstić information content (AvgIpc) is 2.49. The zero-order valence-corrected chi connectivity index (χ0v) is 11.6. The van der Waals surface area contributed by atoms with Gasteiger partial charge in [-0.15, -0.1) is 0 Å². The number of rotatable bonds is 2. The molecule has 4 nitrogen and oxygen atoms in total. The molecule has 1 aliphatic rings. The first-order valence-electron chi connectivity index (χ1n) is 6.27. The van der Waals surface area contributed by atoms with Crippen molar-refractivity contribution in [2.75, 3.05) is 34.4 Å². The molecule has 1 heterocycles. The van der Waals surface area contributed by atoms with Crippen LogP contribution in [-0.2, 0) is 6.42 Å². The van der Waals surface area contributed by atoms with Crippen LogP contribution < -0.4 is 15.2 Å². The summed E-state index contributed by atoms with van der Waals surface area (Å²) in [4.78, 5) is 2.27. The minimum Gasteiger partial charge on any atom is -0.493 e. The van der Waals surface area contributed by atoms with Crippen LogP contribution >= 0.6 is 0 Å². The SMILES string of the molecule is COc1cc2c(c(C)c1OC)CCN(C)CC2N. The molecule has 1 atom stereocenters. The molecule has 0 bridgehead atoms. The Morgan fingerprint density at radius 2 is 2.06 bits per heavy atom. The van der Waals surface area contributed by atoms with E-state index >= 15 is 0 Å². The second-order valence-electron chi connectivity index (χ2n) is 4.92. The molecule has 1 aromatic carbocycles. The highest BCUT2D eigenvalue weighted by atomic mass is 16.5. The van der Waals surface area contributed by atoms with Crippen LogP contribution in [0.2, 0.25) is 0 Å². The Labute approximate surface area is 109 Å². The molecule has 0 fully saturated rings. The van der Waals surface area contributed by atoms with Crippen LogP contribution in [0.4, 0.5) is 0 Å². The molecule has 0 saturated heterocycles. The number of fused-ring (bicyclic) bond motifs is 1. The van der Waals surface area contributed by atoms with E-state index in [-0.39, 0.29) is 6.04 Å². The molecule has 18 heavy (non-hydrogen) atoms. The van der Waals surface area contributed by atoms with Gasteiger partial charge in [0.15, 0.2) is 11.5 Å². The van der Waals surface area contributed by atoms with Crippen LogP contribution in [0, 0.1) is 6.92 Å². The lowest BCUT2D eigenvalue weighted by Gasteiger charge is -2.20. The number of nitrogens with zero attached hydrogens (tertiary/aromatic N) is 1. The normalized spacial score (nSPS) is 20.2. The lowest BCUT2D eigenvalue weighted by Crippen LogP contribution is -2.27. The van der Waals surface area contributed by atoms with Crippen molar-refractivity contribution in [1.82, 2.24) is 4.90 Å². The highest BCUT2D eigenvalue weighted by Gasteiger charge is 2.23. The third-order valence-corrected chi connectivity index (χ3v) is 3.73. The zero-order chi connectivity index (χ0) is 13.3. The second-order valence-corrected chi connectivity index (χ2v) is 4.92. The fourth-order valence-electron chi connectivity index (χ4n) is 2.73. The highest BCUT2D eigenvalue weighted by Crippen LogP contribution is 2.38. The average molecular weight is 250 g/mol. The van der Waals surface area contributed by atoms with E-state index in [2.05, 4.69) is 18.9 Å². The number of methoxy groups -OCH3 is 2. The second kappa shape index (κ2) is 5.16. The van der Waals surface area contributed by atoms with E-state index in [4.69, 9.17) is 15.2 Å². The first-order valence-corrected chi connectivity index (χ1v) is 6.27. The molecule has 1 aliphatic heterocycles. The molecule has 4 heteroatoms. The Morgan fingerprint density at radius 3 is 2.67 bits per heavy atom. The Kier molecular flexibility index (Phi) is 3.78. The van der Waals surface area contributed by atoms with E-state index in [1.54, 1.807) is 14.2 Å². The zero-order valence-electron chi connectivity index (χ0n) is 11.6. The van der Waals surface area contributed by atoms with E-state index in [9.17, 15) is 0 Å². The fraction of sp³-hybridized carbons (Fsp3) is 0.571. The van der Waals surface area contributed by atoms with Crippen molar-refractivity contribution in [1.29, 1.82) is 0 Å². The predicted octanol–water partition coefficient (Wildman–Crippen LogP) is 1.50. The number of nitrogens with two attached hydrogens (primary N) is 1. The first-order chi connectivity index (χ1) is 8.58. The Bertz CT molecular complexity index is 446. The number of hydrogen-bond acceptors (Lipinski definition) is 4. The Morgan fingerprint density at radius 1 is 1.33 bits per heavy atom. The van der Waals surface area contributed by atoms with Gasteiger partial charge in [0.25, 0.3) is 0 Å². The van der Waals surface area contributed by atoms with Gasteiger partial charge in [0.2, 0.25) is 0 Å². The molecule has 0 saturated carbocycles. The topological polar surface area (TPSA) is 47.7 Å². The molecule has 100 valence electrons. The maximum absolute atomic E-state index is 6.28. The lowest BCUT2D eigenvalue weighted by molar-refractivity contribution is 0.327. The molecular formula is C14H22N2O2. The van der Waals surface area contributed by atoms with Crippen molar-refractivity contribution in [2.24, 2.45) is 5.73 Å². The maximum Gasteiger partial charge on any atom is 0.163 e. The molecule has 0 amide bonds. The summed E-state index contributed by atoms with van der Waals surface area (Å²) in [5, 5.41) is 0. The first kappa shape index (κ1) is 13.2. The highest BCUT2D eigenvalue weighted by molar-refractivity contribution is 5.55. The van der Waals surface area contributed by atoms with E-state index in [0.29, 0.717) is 0 Å². The third-order valence-electron chi connectivity index (χ3n) is 3.73. The number of ether oxygens (including phenoxy) is 2. The molecule has 1 unspecified atom stereocenters. The van der Waals surface area contributed by atoms with Gasteiger partial charge in [0.05, 0.1) is 14.2 Å². The van der Waals surface area contributed by atoms with Crippen molar-refractivity contribution in [2.45, 2.75) is 19.4 Å². The molecule has 1 aromatic rings. The summed E-state index contributed by atoms with van der Waals surface area (Å²) < 4.78 is 10.9. The summed E-state index contributed by atoms with van der Waals surface area (Å²) in [5.74, 6) is 1.60. The van der Waals surface area contributed by atoms with Crippen molar-refractivity contribution >= 4 is 0 Å². The van der Waals surface area contributed by atoms with Gasteiger partial charge in [-0.05, 0) is 43.1 Å². The monoisotopic (exact) mass is 250 g/mol. The smallest absolute Gasteiger partial charge is 0.163 e. The predicted molar refractivity (Wildman–Crippen MR) is 72.4 cm³/mol. The van der Waals surface area contributed by atoms with Crippen LogP contribution in [-0.4, -0.2) is 39.3 Å². The Hall–Kier alpha value is -1.26. The molecule has 0 radical (unpaired) electrons. The molecular weight excluding hydrogens is 228 g/mol. The van der Waals surface area contributed by atoms with E-state index in [1.165, 1.54) is 11.1 Å². The number of likely N-dealkylation sites (N-methyl/N-ethyl adjacent to an activating group) is 1. The molecule has 0 spiro atoms. The van der Waals surface area contributed by atoms with E-state index in [0.717, 1.165) is 36.6 Å². The van der Waals surface area contributed by atoms with Crippen molar-refractivity contribution in [3.63, 3.8) is 0 Å². The Balaban J connectivity index is 2.57. The van der Waals surface area contributed by atoms with Gasteiger partial charge < -0.3 is 20.1 Å².